The fourth-order valence-electron chi connectivity index (χ4n) is 3.92. The highest BCUT2D eigenvalue weighted by Gasteiger charge is 2.27. The zero-order valence-corrected chi connectivity index (χ0v) is 10.9. The van der Waals surface area contributed by atoms with Gasteiger partial charge in [0, 0.05) is 19.6 Å². The normalized spacial score (nSPS) is 22.0. The van der Waals surface area contributed by atoms with Crippen molar-refractivity contribution in [2.75, 3.05) is 19.6 Å². The van der Waals surface area contributed by atoms with Crippen molar-refractivity contribution in [3.05, 3.63) is 33.4 Å². The first-order chi connectivity index (χ1) is 8.95. The molecule has 0 bridgehead atoms. The van der Waals surface area contributed by atoms with Crippen molar-refractivity contribution in [1.82, 2.24) is 16.0 Å². The Morgan fingerprint density at radius 1 is 0.444 bits per heavy atom. The Morgan fingerprint density at radius 3 is 1.22 bits per heavy atom. The predicted octanol–water partition coefficient (Wildman–Crippen LogP) is 0.624. The monoisotopic (exact) mass is 243 g/mol. The van der Waals surface area contributed by atoms with Gasteiger partial charge in [0.2, 0.25) is 0 Å². The molecular weight excluding hydrogens is 222 g/mol. The molecule has 3 aliphatic rings. The summed E-state index contributed by atoms with van der Waals surface area (Å²) in [6.45, 7) is 6.71. The van der Waals surface area contributed by atoms with Crippen molar-refractivity contribution in [2.45, 2.75) is 38.9 Å². The van der Waals surface area contributed by atoms with Gasteiger partial charge in [-0.1, -0.05) is 0 Å². The molecule has 4 rings (SSSR count). The molecular formula is C15H21N3. The third-order valence-electron chi connectivity index (χ3n) is 4.75. The third kappa shape index (κ3) is 1.54. The molecule has 3 heterocycles. The second-order valence-electron chi connectivity index (χ2n) is 5.65. The lowest BCUT2D eigenvalue weighted by Crippen LogP contribution is -2.36. The lowest BCUT2D eigenvalue weighted by atomic mass is 9.79. The van der Waals surface area contributed by atoms with Gasteiger partial charge in [0.05, 0.1) is 0 Å². The quantitative estimate of drug-likeness (QED) is 0.625. The first kappa shape index (κ1) is 11.0. The van der Waals surface area contributed by atoms with Crippen LogP contribution in [0.15, 0.2) is 0 Å². The first-order valence-electron chi connectivity index (χ1n) is 7.24. The van der Waals surface area contributed by atoms with Crippen LogP contribution in [0.25, 0.3) is 0 Å². The number of rotatable bonds is 0. The van der Waals surface area contributed by atoms with Crippen LogP contribution in [-0.4, -0.2) is 19.6 Å². The Hall–Kier alpha value is -0.900. The zero-order chi connectivity index (χ0) is 11.9. The number of benzene rings is 1. The summed E-state index contributed by atoms with van der Waals surface area (Å²) in [6.07, 6.45) is 3.68. The van der Waals surface area contributed by atoms with Gasteiger partial charge >= 0.3 is 0 Å². The molecule has 0 saturated carbocycles. The van der Waals surface area contributed by atoms with Crippen molar-refractivity contribution >= 4 is 0 Å². The van der Waals surface area contributed by atoms with Gasteiger partial charge in [-0.15, -0.1) is 0 Å². The topological polar surface area (TPSA) is 36.1 Å². The maximum atomic E-state index is 3.56. The van der Waals surface area contributed by atoms with Crippen molar-refractivity contribution in [2.24, 2.45) is 0 Å². The highest BCUT2D eigenvalue weighted by Crippen LogP contribution is 2.33. The Bertz CT molecular complexity index is 357. The average Bonchev–Trinajstić information content (AvgIpc) is 2.48. The molecule has 0 spiro atoms. The molecule has 0 unspecified atom stereocenters. The van der Waals surface area contributed by atoms with E-state index in [-0.39, 0.29) is 0 Å². The van der Waals surface area contributed by atoms with E-state index in [4.69, 9.17) is 0 Å². The molecule has 96 valence electrons. The lowest BCUT2D eigenvalue weighted by Gasteiger charge is -2.34. The summed E-state index contributed by atoms with van der Waals surface area (Å²) in [7, 11) is 0. The minimum absolute atomic E-state index is 1.08. The molecule has 0 aliphatic carbocycles. The van der Waals surface area contributed by atoms with Crippen LogP contribution < -0.4 is 16.0 Å². The zero-order valence-electron chi connectivity index (χ0n) is 10.9. The smallest absolute Gasteiger partial charge is 0.0211 e. The summed E-state index contributed by atoms with van der Waals surface area (Å²) < 4.78 is 0. The molecule has 0 atom stereocenters. The summed E-state index contributed by atoms with van der Waals surface area (Å²) in [4.78, 5) is 0. The SMILES string of the molecule is C1Cc2c3c(c4c(c2CN1)CCNC4)CNCC3. The van der Waals surface area contributed by atoms with Gasteiger partial charge < -0.3 is 16.0 Å². The summed E-state index contributed by atoms with van der Waals surface area (Å²) in [5.41, 5.74) is 9.95. The van der Waals surface area contributed by atoms with E-state index in [0.29, 0.717) is 0 Å². The van der Waals surface area contributed by atoms with E-state index >= 15 is 0 Å². The summed E-state index contributed by atoms with van der Waals surface area (Å²) in [5, 5.41) is 10.7. The largest absolute Gasteiger partial charge is 0.312 e. The van der Waals surface area contributed by atoms with E-state index in [1.54, 1.807) is 33.4 Å². The van der Waals surface area contributed by atoms with Gasteiger partial charge in [0.15, 0.2) is 0 Å². The van der Waals surface area contributed by atoms with Gasteiger partial charge in [0.25, 0.3) is 0 Å². The minimum atomic E-state index is 1.08. The molecule has 0 radical (unpaired) electrons. The Kier molecular flexibility index (Phi) is 2.64. The highest BCUT2D eigenvalue weighted by molar-refractivity contribution is 5.54. The van der Waals surface area contributed by atoms with Crippen molar-refractivity contribution in [1.29, 1.82) is 0 Å². The molecule has 0 fully saturated rings. The van der Waals surface area contributed by atoms with Crippen LogP contribution in [0, 0.1) is 0 Å². The molecule has 3 heteroatoms. The second kappa shape index (κ2) is 4.34. The fourth-order valence-corrected chi connectivity index (χ4v) is 3.92. The Labute approximate surface area is 108 Å². The fraction of sp³-hybridized carbons (Fsp3) is 0.600. The Morgan fingerprint density at radius 2 is 0.778 bits per heavy atom. The molecule has 3 nitrogen and oxygen atoms in total. The lowest BCUT2D eigenvalue weighted by molar-refractivity contribution is 0.566. The molecule has 3 aliphatic heterocycles. The van der Waals surface area contributed by atoms with Gasteiger partial charge in [0.1, 0.15) is 0 Å². The van der Waals surface area contributed by atoms with Crippen molar-refractivity contribution in [3.63, 3.8) is 0 Å². The van der Waals surface area contributed by atoms with E-state index < -0.39 is 0 Å². The van der Waals surface area contributed by atoms with Crippen molar-refractivity contribution < 1.29 is 0 Å². The average molecular weight is 243 g/mol. The number of fused-ring (bicyclic) bond motifs is 6. The maximum absolute atomic E-state index is 3.56. The van der Waals surface area contributed by atoms with Crippen LogP contribution in [0.2, 0.25) is 0 Å². The van der Waals surface area contributed by atoms with Gasteiger partial charge in [-0.05, 0) is 72.3 Å². The van der Waals surface area contributed by atoms with E-state index in [1.807, 2.05) is 0 Å². The van der Waals surface area contributed by atoms with Crippen LogP contribution in [-0.2, 0) is 38.9 Å². The van der Waals surface area contributed by atoms with Crippen LogP contribution in [0.1, 0.15) is 33.4 Å². The highest BCUT2D eigenvalue weighted by atomic mass is 14.9. The van der Waals surface area contributed by atoms with E-state index in [0.717, 1.165) is 39.3 Å². The van der Waals surface area contributed by atoms with Gasteiger partial charge in [-0.2, -0.15) is 0 Å². The van der Waals surface area contributed by atoms with Crippen LogP contribution in [0.4, 0.5) is 0 Å². The molecule has 1 aromatic carbocycles. The van der Waals surface area contributed by atoms with Crippen LogP contribution >= 0.6 is 0 Å². The van der Waals surface area contributed by atoms with Gasteiger partial charge in [-0.3, -0.25) is 0 Å². The summed E-state index contributed by atoms with van der Waals surface area (Å²) in [6, 6.07) is 0. The van der Waals surface area contributed by atoms with E-state index in [2.05, 4.69) is 16.0 Å². The first-order valence-corrected chi connectivity index (χ1v) is 7.24. The van der Waals surface area contributed by atoms with Crippen LogP contribution in [0.3, 0.4) is 0 Å². The standard InChI is InChI=1S/C15H21N3/c1-4-16-7-13-10(1)11-2-5-17-8-14(11)15-9-18-6-3-12(13)15/h16-18H,1-9H2. The molecule has 1 aromatic rings. The second-order valence-corrected chi connectivity index (χ2v) is 5.65. The summed E-state index contributed by atoms with van der Waals surface area (Å²) in [5.74, 6) is 0. The molecule has 0 aromatic heterocycles. The minimum Gasteiger partial charge on any atom is -0.312 e. The third-order valence-corrected chi connectivity index (χ3v) is 4.75. The maximum Gasteiger partial charge on any atom is 0.0211 e. The number of hydrogen-bond donors (Lipinski definition) is 3. The molecule has 3 N–H and O–H groups in total. The molecule has 0 saturated heterocycles. The van der Waals surface area contributed by atoms with Gasteiger partial charge in [-0.25, -0.2) is 0 Å². The van der Waals surface area contributed by atoms with Crippen molar-refractivity contribution in [3.8, 4) is 0 Å². The predicted molar refractivity (Wildman–Crippen MR) is 72.7 cm³/mol. The van der Waals surface area contributed by atoms with E-state index in [1.165, 1.54) is 19.3 Å². The molecule has 18 heavy (non-hydrogen) atoms. The van der Waals surface area contributed by atoms with Crippen LogP contribution in [0.5, 0.6) is 0 Å². The number of nitrogens with one attached hydrogen (secondary N) is 3. The Balaban J connectivity index is 1.98. The number of hydrogen-bond acceptors (Lipinski definition) is 3. The van der Waals surface area contributed by atoms with E-state index in [9.17, 15) is 0 Å². The summed E-state index contributed by atoms with van der Waals surface area (Å²) >= 11 is 0. The molecule has 0 amide bonds.